The molecule has 0 aromatic rings. The van der Waals surface area contributed by atoms with E-state index in [0.29, 0.717) is 6.54 Å². The molecule has 0 atom stereocenters. The zero-order valence-corrected chi connectivity index (χ0v) is 8.35. The van der Waals surface area contributed by atoms with Crippen LogP contribution in [-0.2, 0) is 0 Å². The summed E-state index contributed by atoms with van der Waals surface area (Å²) in [6, 6.07) is -0.0280. The van der Waals surface area contributed by atoms with Gasteiger partial charge in [-0.1, -0.05) is 0 Å². The third kappa shape index (κ3) is 3.06. The number of alkyl halides is 3. The van der Waals surface area contributed by atoms with Crippen molar-refractivity contribution in [2.75, 3.05) is 13.2 Å². The standard InChI is InChI=1S/C9H16F3NO2/c10-9(11,12)8(15)3-1-7(2-4-8)13-5-6-14/h7,13-15H,1-6H2. The van der Waals surface area contributed by atoms with Crippen molar-refractivity contribution in [1.29, 1.82) is 0 Å². The maximum atomic E-state index is 12.4. The molecule has 90 valence electrons. The van der Waals surface area contributed by atoms with Crippen LogP contribution in [0, 0.1) is 0 Å². The molecule has 0 aromatic carbocycles. The second kappa shape index (κ2) is 4.67. The van der Waals surface area contributed by atoms with Gasteiger partial charge in [-0.15, -0.1) is 0 Å². The van der Waals surface area contributed by atoms with Crippen LogP contribution in [0.25, 0.3) is 0 Å². The third-order valence-electron chi connectivity index (χ3n) is 2.89. The van der Waals surface area contributed by atoms with Crippen LogP contribution < -0.4 is 5.32 Å². The highest BCUT2D eigenvalue weighted by Gasteiger charge is 2.54. The average Bonchev–Trinajstić information content (AvgIpc) is 2.15. The number of hydrogen-bond donors (Lipinski definition) is 3. The predicted molar refractivity (Wildman–Crippen MR) is 48.3 cm³/mol. The summed E-state index contributed by atoms with van der Waals surface area (Å²) in [7, 11) is 0. The first-order valence-electron chi connectivity index (χ1n) is 5.02. The molecule has 1 fully saturated rings. The maximum absolute atomic E-state index is 12.4. The highest BCUT2D eigenvalue weighted by Crippen LogP contribution is 2.41. The quantitative estimate of drug-likeness (QED) is 0.668. The lowest BCUT2D eigenvalue weighted by Gasteiger charge is -2.37. The highest BCUT2D eigenvalue weighted by atomic mass is 19.4. The van der Waals surface area contributed by atoms with Crippen molar-refractivity contribution in [2.45, 2.75) is 43.5 Å². The van der Waals surface area contributed by atoms with Crippen LogP contribution in [0.1, 0.15) is 25.7 Å². The van der Waals surface area contributed by atoms with Crippen molar-refractivity contribution in [3.8, 4) is 0 Å². The van der Waals surface area contributed by atoms with Crippen molar-refractivity contribution in [2.24, 2.45) is 0 Å². The molecule has 0 radical (unpaired) electrons. The molecule has 1 aliphatic rings. The Morgan fingerprint density at radius 1 is 1.27 bits per heavy atom. The fraction of sp³-hybridized carbons (Fsp3) is 1.00. The summed E-state index contributed by atoms with van der Waals surface area (Å²) in [5.74, 6) is 0. The Balaban J connectivity index is 2.41. The predicted octanol–water partition coefficient (Wildman–Crippen LogP) is 0.804. The topological polar surface area (TPSA) is 52.5 Å². The molecule has 1 saturated carbocycles. The number of rotatable bonds is 3. The summed E-state index contributed by atoms with van der Waals surface area (Å²) in [5.41, 5.74) is -2.51. The van der Waals surface area contributed by atoms with Crippen LogP contribution in [0.2, 0.25) is 0 Å². The van der Waals surface area contributed by atoms with Gasteiger partial charge in [-0.2, -0.15) is 13.2 Å². The first-order chi connectivity index (χ1) is 6.89. The Morgan fingerprint density at radius 2 is 1.80 bits per heavy atom. The fourth-order valence-electron chi connectivity index (χ4n) is 1.85. The van der Waals surface area contributed by atoms with E-state index >= 15 is 0 Å². The maximum Gasteiger partial charge on any atom is 0.417 e. The molecule has 0 unspecified atom stereocenters. The van der Waals surface area contributed by atoms with Crippen LogP contribution in [0.4, 0.5) is 13.2 Å². The van der Waals surface area contributed by atoms with E-state index in [1.165, 1.54) is 0 Å². The van der Waals surface area contributed by atoms with Gasteiger partial charge in [0.1, 0.15) is 0 Å². The molecule has 0 saturated heterocycles. The fourth-order valence-corrected chi connectivity index (χ4v) is 1.85. The van der Waals surface area contributed by atoms with E-state index in [1.807, 2.05) is 0 Å². The second-order valence-electron chi connectivity index (χ2n) is 3.98. The van der Waals surface area contributed by atoms with Gasteiger partial charge in [0.05, 0.1) is 6.61 Å². The molecule has 3 nitrogen and oxygen atoms in total. The van der Waals surface area contributed by atoms with Gasteiger partial charge in [0, 0.05) is 12.6 Å². The zero-order chi connectivity index (χ0) is 11.5. The van der Waals surface area contributed by atoms with E-state index in [-0.39, 0.29) is 38.3 Å². The van der Waals surface area contributed by atoms with Crippen LogP contribution in [0.5, 0.6) is 0 Å². The average molecular weight is 227 g/mol. The summed E-state index contributed by atoms with van der Waals surface area (Å²) in [5, 5.41) is 20.8. The molecule has 3 N–H and O–H groups in total. The summed E-state index contributed by atoms with van der Waals surface area (Å²) < 4.78 is 37.2. The monoisotopic (exact) mass is 227 g/mol. The molecule has 1 rings (SSSR count). The molecule has 0 amide bonds. The molecule has 15 heavy (non-hydrogen) atoms. The van der Waals surface area contributed by atoms with Crippen LogP contribution in [0.15, 0.2) is 0 Å². The second-order valence-corrected chi connectivity index (χ2v) is 3.98. The molecular formula is C9H16F3NO2. The SMILES string of the molecule is OCCNC1CCC(O)(C(F)(F)F)CC1. The van der Waals surface area contributed by atoms with Crippen molar-refractivity contribution >= 4 is 0 Å². The van der Waals surface area contributed by atoms with E-state index < -0.39 is 11.8 Å². The number of aliphatic hydroxyl groups is 2. The molecule has 6 heteroatoms. The normalized spacial score (nSPS) is 33.0. The zero-order valence-electron chi connectivity index (χ0n) is 8.35. The van der Waals surface area contributed by atoms with Gasteiger partial charge in [0.25, 0.3) is 0 Å². The third-order valence-corrected chi connectivity index (χ3v) is 2.89. The van der Waals surface area contributed by atoms with Gasteiger partial charge < -0.3 is 15.5 Å². The van der Waals surface area contributed by atoms with Gasteiger partial charge in [0.2, 0.25) is 0 Å². The Labute approximate surface area is 86.3 Å². The van der Waals surface area contributed by atoms with E-state index in [2.05, 4.69) is 5.32 Å². The molecule has 0 heterocycles. The smallest absolute Gasteiger partial charge is 0.395 e. The lowest BCUT2D eigenvalue weighted by atomic mass is 9.81. The molecule has 0 spiro atoms. The highest BCUT2D eigenvalue weighted by molar-refractivity contribution is 4.93. The molecule has 1 aliphatic carbocycles. The first kappa shape index (κ1) is 12.7. The summed E-state index contributed by atoms with van der Waals surface area (Å²) in [6.07, 6.45) is -4.49. The lowest BCUT2D eigenvalue weighted by molar-refractivity contribution is -0.270. The first-order valence-corrected chi connectivity index (χ1v) is 5.02. The van der Waals surface area contributed by atoms with Crippen molar-refractivity contribution in [1.82, 2.24) is 5.32 Å². The van der Waals surface area contributed by atoms with Gasteiger partial charge in [-0.25, -0.2) is 0 Å². The van der Waals surface area contributed by atoms with E-state index in [4.69, 9.17) is 5.11 Å². The van der Waals surface area contributed by atoms with Crippen LogP contribution >= 0.6 is 0 Å². The van der Waals surface area contributed by atoms with Gasteiger partial charge in [-0.3, -0.25) is 0 Å². The number of aliphatic hydroxyl groups excluding tert-OH is 1. The van der Waals surface area contributed by atoms with Crippen molar-refractivity contribution in [3.63, 3.8) is 0 Å². The summed E-state index contributed by atoms with van der Waals surface area (Å²) >= 11 is 0. The van der Waals surface area contributed by atoms with E-state index in [9.17, 15) is 18.3 Å². The van der Waals surface area contributed by atoms with Crippen molar-refractivity contribution < 1.29 is 23.4 Å². The van der Waals surface area contributed by atoms with Gasteiger partial charge in [-0.05, 0) is 25.7 Å². The molecule has 0 aromatic heterocycles. The Kier molecular flexibility index (Phi) is 3.97. The molecule has 0 aliphatic heterocycles. The van der Waals surface area contributed by atoms with Crippen LogP contribution in [-0.4, -0.2) is 41.2 Å². The van der Waals surface area contributed by atoms with E-state index in [1.54, 1.807) is 0 Å². The summed E-state index contributed by atoms with van der Waals surface area (Å²) in [4.78, 5) is 0. The molecular weight excluding hydrogens is 211 g/mol. The Bertz CT molecular complexity index is 200. The Hall–Kier alpha value is -0.330. The number of hydrogen-bond acceptors (Lipinski definition) is 3. The van der Waals surface area contributed by atoms with Gasteiger partial charge in [0.15, 0.2) is 5.60 Å². The molecule has 0 bridgehead atoms. The number of halogens is 3. The lowest BCUT2D eigenvalue weighted by Crippen LogP contribution is -2.50. The van der Waals surface area contributed by atoms with Crippen LogP contribution in [0.3, 0.4) is 0 Å². The summed E-state index contributed by atoms with van der Waals surface area (Å²) in [6.45, 7) is 0.356. The van der Waals surface area contributed by atoms with E-state index in [0.717, 1.165) is 0 Å². The number of nitrogens with one attached hydrogen (secondary N) is 1. The minimum absolute atomic E-state index is 0.0277. The largest absolute Gasteiger partial charge is 0.417 e. The minimum atomic E-state index is -4.53. The minimum Gasteiger partial charge on any atom is -0.395 e. The van der Waals surface area contributed by atoms with Gasteiger partial charge >= 0.3 is 6.18 Å². The van der Waals surface area contributed by atoms with Crippen molar-refractivity contribution in [3.05, 3.63) is 0 Å². The Morgan fingerprint density at radius 3 is 2.20 bits per heavy atom.